The summed E-state index contributed by atoms with van der Waals surface area (Å²) in [5.41, 5.74) is 0. The number of allylic oxidation sites excluding steroid dienone is 22. The fourth-order valence-electron chi connectivity index (χ4n) is 7.82. The fourth-order valence-corrected chi connectivity index (χ4v) is 7.82. The van der Waals surface area contributed by atoms with Crippen molar-refractivity contribution in [3.8, 4) is 0 Å². The van der Waals surface area contributed by atoms with E-state index in [9.17, 15) is 9.59 Å². The minimum absolute atomic E-state index is 0.0303. The van der Waals surface area contributed by atoms with Crippen LogP contribution in [0.15, 0.2) is 134 Å². The van der Waals surface area contributed by atoms with Crippen LogP contribution in [0, 0.1) is 0 Å². The zero-order chi connectivity index (χ0) is 52.0. The summed E-state index contributed by atoms with van der Waals surface area (Å²) in [5.74, 6) is -0.515. The van der Waals surface area contributed by atoms with Gasteiger partial charge in [0, 0.05) is 19.4 Å². The molecule has 0 aliphatic heterocycles. The molecule has 0 aliphatic carbocycles. The zero-order valence-electron chi connectivity index (χ0n) is 46.9. The SMILES string of the molecule is CC/C=C\C/C=C\C/C=C\C/C=C\C/C=C\C/C=C\CCC(=O)OCC(COCCCCCCCCCC/C=C\CCCCCCCC)OC(=O)CCCCCCCC/C=C\C/C=C\C/C=C\C/C=C\CC. The number of rotatable bonds is 53. The van der Waals surface area contributed by atoms with Gasteiger partial charge in [-0.3, -0.25) is 9.59 Å². The molecule has 0 aromatic heterocycles. The Morgan fingerprint density at radius 3 is 1.07 bits per heavy atom. The maximum absolute atomic E-state index is 12.9. The first-order chi connectivity index (χ1) is 35.6. The highest BCUT2D eigenvalue weighted by Crippen LogP contribution is 2.14. The Labute approximate surface area is 445 Å². The summed E-state index contributed by atoms with van der Waals surface area (Å²) in [7, 11) is 0. The quantitative estimate of drug-likeness (QED) is 0.0345. The predicted molar refractivity (Wildman–Crippen MR) is 315 cm³/mol. The molecular weight excluding hydrogens is 885 g/mol. The molecule has 0 rings (SSSR count). The first-order valence-corrected chi connectivity index (χ1v) is 29.7. The van der Waals surface area contributed by atoms with Gasteiger partial charge in [0.15, 0.2) is 6.10 Å². The van der Waals surface area contributed by atoms with Crippen molar-refractivity contribution in [3.63, 3.8) is 0 Å². The molecule has 5 heteroatoms. The monoisotopic (exact) mass is 995 g/mol. The maximum atomic E-state index is 12.9. The third-order valence-electron chi connectivity index (χ3n) is 12.2. The highest BCUT2D eigenvalue weighted by molar-refractivity contribution is 5.70. The average molecular weight is 996 g/mol. The van der Waals surface area contributed by atoms with Gasteiger partial charge in [-0.1, -0.05) is 251 Å². The Morgan fingerprint density at radius 2 is 0.653 bits per heavy atom. The van der Waals surface area contributed by atoms with E-state index in [1.54, 1.807) is 0 Å². The third kappa shape index (κ3) is 58.6. The van der Waals surface area contributed by atoms with Crippen LogP contribution < -0.4 is 0 Å². The molecular formula is C67H110O5. The van der Waals surface area contributed by atoms with Gasteiger partial charge in [-0.05, 0) is 122 Å². The normalized spacial score (nSPS) is 13.2. The lowest BCUT2D eigenvalue weighted by atomic mass is 10.1. The lowest BCUT2D eigenvalue weighted by molar-refractivity contribution is -0.162. The standard InChI is InChI=1S/C67H110O5/c1-4-7-10-13-16-19-22-25-28-31-34-36-39-42-45-48-51-54-57-60-66(68)71-64-65(63-70-62-59-56-53-50-47-44-41-38-33-30-27-24-21-18-15-12-9-6-3)72-67(69)61-58-55-52-49-46-43-40-37-35-32-29-26-23-20-17-14-11-8-5-2/h7-8,10-11,16-17,19-20,25-30,34-37,42,45,51,54,65H,4-6,9,12-15,18,21-24,31-33,38-41,43-44,46-50,52-53,55-64H2,1-3H3/b10-7-,11-8-,19-16-,20-17-,28-25-,29-26-,30-27-,36-34-,37-35-,45-42-,54-51-. The van der Waals surface area contributed by atoms with Crippen molar-refractivity contribution in [3.05, 3.63) is 134 Å². The van der Waals surface area contributed by atoms with Crippen LogP contribution in [0.3, 0.4) is 0 Å². The molecule has 0 bridgehead atoms. The zero-order valence-corrected chi connectivity index (χ0v) is 46.9. The van der Waals surface area contributed by atoms with Crippen LogP contribution in [0.5, 0.6) is 0 Å². The van der Waals surface area contributed by atoms with Crippen LogP contribution in [0.25, 0.3) is 0 Å². The van der Waals surface area contributed by atoms with Gasteiger partial charge < -0.3 is 14.2 Å². The molecule has 0 fully saturated rings. The van der Waals surface area contributed by atoms with Crippen molar-refractivity contribution in [1.29, 1.82) is 0 Å². The first kappa shape index (κ1) is 68.0. The van der Waals surface area contributed by atoms with Crippen molar-refractivity contribution >= 4 is 11.9 Å². The van der Waals surface area contributed by atoms with Crippen molar-refractivity contribution in [2.24, 2.45) is 0 Å². The van der Waals surface area contributed by atoms with Gasteiger partial charge in [0.25, 0.3) is 0 Å². The molecule has 1 unspecified atom stereocenters. The van der Waals surface area contributed by atoms with Crippen LogP contribution >= 0.6 is 0 Å². The largest absolute Gasteiger partial charge is 0.462 e. The lowest BCUT2D eigenvalue weighted by Gasteiger charge is -2.18. The number of unbranched alkanes of at least 4 members (excludes halogenated alkanes) is 20. The second-order valence-electron chi connectivity index (χ2n) is 19.1. The smallest absolute Gasteiger partial charge is 0.306 e. The van der Waals surface area contributed by atoms with Crippen LogP contribution in [0.2, 0.25) is 0 Å². The van der Waals surface area contributed by atoms with Crippen molar-refractivity contribution in [2.75, 3.05) is 19.8 Å². The Bertz CT molecular complexity index is 1500. The Morgan fingerprint density at radius 1 is 0.319 bits per heavy atom. The van der Waals surface area contributed by atoms with E-state index in [1.807, 2.05) is 6.08 Å². The second-order valence-corrected chi connectivity index (χ2v) is 19.1. The minimum atomic E-state index is -0.587. The van der Waals surface area contributed by atoms with Crippen molar-refractivity contribution < 1.29 is 23.8 Å². The number of hydrogen-bond donors (Lipinski definition) is 0. The molecule has 0 aromatic carbocycles. The van der Waals surface area contributed by atoms with E-state index < -0.39 is 6.10 Å². The second kappa shape index (κ2) is 61.3. The molecule has 408 valence electrons. The number of esters is 2. The van der Waals surface area contributed by atoms with E-state index in [4.69, 9.17) is 14.2 Å². The summed E-state index contributed by atoms with van der Waals surface area (Å²) in [4.78, 5) is 25.5. The van der Waals surface area contributed by atoms with Gasteiger partial charge >= 0.3 is 11.9 Å². The molecule has 0 N–H and O–H groups in total. The van der Waals surface area contributed by atoms with E-state index in [1.165, 1.54) is 109 Å². The molecule has 0 radical (unpaired) electrons. The molecule has 0 heterocycles. The first-order valence-electron chi connectivity index (χ1n) is 29.7. The van der Waals surface area contributed by atoms with Crippen LogP contribution in [-0.2, 0) is 23.8 Å². The summed E-state index contributed by atoms with van der Waals surface area (Å²) in [6.45, 7) is 7.50. The number of carbonyl (C=O) groups is 2. The molecule has 1 atom stereocenters. The highest BCUT2D eigenvalue weighted by Gasteiger charge is 2.17. The predicted octanol–water partition coefficient (Wildman–Crippen LogP) is 20.7. The van der Waals surface area contributed by atoms with Crippen molar-refractivity contribution in [2.45, 2.75) is 258 Å². The summed E-state index contributed by atoms with van der Waals surface area (Å²) in [6, 6.07) is 0. The van der Waals surface area contributed by atoms with Gasteiger partial charge in [-0.15, -0.1) is 0 Å². The van der Waals surface area contributed by atoms with E-state index in [-0.39, 0.29) is 25.2 Å². The van der Waals surface area contributed by atoms with Crippen molar-refractivity contribution in [1.82, 2.24) is 0 Å². The summed E-state index contributed by atoms with van der Waals surface area (Å²) in [6.07, 6.45) is 87.7. The maximum Gasteiger partial charge on any atom is 0.306 e. The Kier molecular flexibility index (Phi) is 58.0. The number of carbonyl (C=O) groups excluding carboxylic acids is 2. The van der Waals surface area contributed by atoms with Gasteiger partial charge in [0.2, 0.25) is 0 Å². The number of ether oxygens (including phenoxy) is 3. The molecule has 5 nitrogen and oxygen atoms in total. The molecule has 72 heavy (non-hydrogen) atoms. The number of hydrogen-bond acceptors (Lipinski definition) is 5. The van der Waals surface area contributed by atoms with E-state index in [0.717, 1.165) is 103 Å². The molecule has 0 saturated heterocycles. The summed E-state index contributed by atoms with van der Waals surface area (Å²) < 4.78 is 17.4. The highest BCUT2D eigenvalue weighted by atomic mass is 16.6. The summed E-state index contributed by atoms with van der Waals surface area (Å²) in [5, 5.41) is 0. The van der Waals surface area contributed by atoms with Crippen LogP contribution in [0.4, 0.5) is 0 Å². The average Bonchev–Trinajstić information content (AvgIpc) is 3.38. The molecule has 0 aromatic rings. The molecule has 0 aliphatic rings. The van der Waals surface area contributed by atoms with E-state index in [0.29, 0.717) is 25.9 Å². The Hall–Kier alpha value is -3.96. The lowest BCUT2D eigenvalue weighted by Crippen LogP contribution is -2.30. The fraction of sp³-hybridized carbons (Fsp3) is 0.642. The Balaban J connectivity index is 4.45. The minimum Gasteiger partial charge on any atom is -0.462 e. The molecule has 0 saturated carbocycles. The van der Waals surface area contributed by atoms with E-state index >= 15 is 0 Å². The molecule has 0 spiro atoms. The topological polar surface area (TPSA) is 61.8 Å². The van der Waals surface area contributed by atoms with Gasteiger partial charge in [0.05, 0.1) is 6.61 Å². The van der Waals surface area contributed by atoms with Crippen LogP contribution in [-0.4, -0.2) is 37.9 Å². The summed E-state index contributed by atoms with van der Waals surface area (Å²) >= 11 is 0. The van der Waals surface area contributed by atoms with Gasteiger partial charge in [-0.2, -0.15) is 0 Å². The molecule has 0 amide bonds. The van der Waals surface area contributed by atoms with Gasteiger partial charge in [-0.25, -0.2) is 0 Å². The third-order valence-corrected chi connectivity index (χ3v) is 12.2. The van der Waals surface area contributed by atoms with E-state index in [2.05, 4.69) is 148 Å². The van der Waals surface area contributed by atoms with Crippen LogP contribution in [0.1, 0.15) is 252 Å². The van der Waals surface area contributed by atoms with Gasteiger partial charge in [0.1, 0.15) is 6.61 Å².